The van der Waals surface area contributed by atoms with Crippen molar-refractivity contribution in [3.05, 3.63) is 119 Å². The number of aliphatic carboxylic acids is 1. The lowest BCUT2D eigenvalue weighted by Gasteiger charge is -2.67. The van der Waals surface area contributed by atoms with E-state index < -0.39 is 162 Å². The average Bonchev–Trinajstić information content (AvgIpc) is 2.02. The van der Waals surface area contributed by atoms with Gasteiger partial charge in [-0.3, -0.25) is 33.6 Å². The second-order valence-corrected chi connectivity index (χ2v) is 21.1. The number of carbonyl (C=O) groups is 10. The number of carboxylic acid groups (broad SMARTS) is 1. The van der Waals surface area contributed by atoms with Crippen molar-refractivity contribution in [2.45, 2.75) is 146 Å². The normalized spacial score (nSPS) is 27.7. The molecule has 4 aliphatic rings. The third-order valence-electron chi connectivity index (χ3n) is 15.8. The highest BCUT2D eigenvalue weighted by molar-refractivity contribution is 5.96. The van der Waals surface area contributed by atoms with Crippen molar-refractivity contribution < 1.29 is 91.7 Å². The first-order valence-corrected chi connectivity index (χ1v) is 25.8. The zero-order valence-electron chi connectivity index (χ0n) is 44.5. The molecule has 0 aromatic heterocycles. The summed E-state index contributed by atoms with van der Waals surface area (Å²) in [4.78, 5) is 136. The van der Waals surface area contributed by atoms with Gasteiger partial charge in [0.05, 0.1) is 29.6 Å². The Morgan fingerprint density at radius 1 is 0.797 bits per heavy atom. The highest BCUT2D eigenvalue weighted by Crippen LogP contribution is 2.64. The lowest BCUT2D eigenvalue weighted by molar-refractivity contribution is -0.346. The Morgan fingerprint density at radius 3 is 1.96 bits per heavy atom. The number of nitrogens with two attached hydrogens (primary N) is 1. The number of ketones is 1. The van der Waals surface area contributed by atoms with Crippen LogP contribution in [-0.4, -0.2) is 135 Å². The number of amides is 3. The van der Waals surface area contributed by atoms with E-state index in [0.717, 1.165) is 13.8 Å². The molecule has 7 rings (SSSR count). The quantitative estimate of drug-likeness (QED) is 0.0537. The summed E-state index contributed by atoms with van der Waals surface area (Å²) in [6.07, 6.45) is -13.2. The fraction of sp³-hybridized carbons (Fsp3) is 0.474. The van der Waals surface area contributed by atoms with Crippen molar-refractivity contribution in [3.63, 3.8) is 0 Å². The average molecular weight is 1100 g/mol. The van der Waals surface area contributed by atoms with Crippen molar-refractivity contribution >= 4 is 59.3 Å². The number of hydrogen-bond donors (Lipinski definition) is 6. The molecule has 12 atom stereocenters. The lowest BCUT2D eigenvalue weighted by Crippen LogP contribution is -2.82. The van der Waals surface area contributed by atoms with E-state index in [-0.39, 0.29) is 53.5 Å². The minimum atomic E-state index is -2.54. The number of primary amides is 1. The minimum absolute atomic E-state index is 0.00118. The Bertz CT molecular complexity index is 2900. The van der Waals surface area contributed by atoms with E-state index in [1.807, 2.05) is 0 Å². The van der Waals surface area contributed by atoms with Crippen LogP contribution in [0.4, 0.5) is 0 Å². The maximum absolute atomic E-state index is 15.8. The van der Waals surface area contributed by atoms with Crippen molar-refractivity contribution in [2.75, 3.05) is 6.61 Å². The van der Waals surface area contributed by atoms with Crippen molar-refractivity contribution in [3.8, 4) is 0 Å². The van der Waals surface area contributed by atoms with Gasteiger partial charge >= 0.3 is 35.8 Å². The second kappa shape index (κ2) is 23.6. The number of aliphatic hydroxyl groups is 2. The topological polar surface area (TPSA) is 337 Å². The summed E-state index contributed by atoms with van der Waals surface area (Å²) in [5.74, 6) is -11.6. The molecule has 7 N–H and O–H groups in total. The molecule has 3 aromatic rings. The maximum atomic E-state index is 15.8. The van der Waals surface area contributed by atoms with Gasteiger partial charge in [-0.2, -0.15) is 0 Å². The van der Waals surface area contributed by atoms with Crippen LogP contribution in [0.25, 0.3) is 0 Å². The summed E-state index contributed by atoms with van der Waals surface area (Å²) in [6, 6.07) is 20.4. The standard InChI is InChI=1S/C57H65N3O19/c1-30-37(76-53(72)46(44(33-17-10-7-11-18-33)60-50(68)34-19-12-8-13-20-34)77-42(66)24-16-23-41(65)59-36(51(69)70)25-26-40(58)64)28-57(73)49(78-52(71)35-21-14-9-15-22-35)47-55(6,38(63)27-39-56(47,29-74-39)79-32(3)62)48(67)45(75-31(2)61)43(30)54(57,4)5/h7-15,17-22,36-39,44-47,49,63,73H,16,23-29H2,1-6H3,(H2,58,64)(H,59,65)(H,60,68)(H,69,70)/t36?,37?,38-,39+,44?,45+,46?,47?,49?,55+,56-,57+/m0/s1. The number of hydrogen-bond acceptors (Lipinski definition) is 18. The fourth-order valence-corrected chi connectivity index (χ4v) is 11.7. The SMILES string of the molecule is CC(=O)O[C@H]1C(=O)[C@@]2(C)C(C(OC(=O)c3ccccc3)[C@]3(O)CC(OC(=O)C(OC(=O)CCCC(=O)NC(CCC(N)=O)C(=O)O)C(NC(=O)c4ccccc4)c4ccccc4)C(C)=C1C3(C)C)[C@]1(OC(C)=O)CO[C@@H]1C[C@@H]2O. The van der Waals surface area contributed by atoms with Crippen LogP contribution in [0.1, 0.15) is 119 Å². The van der Waals surface area contributed by atoms with E-state index >= 15 is 9.59 Å². The monoisotopic (exact) mass is 1100 g/mol. The van der Waals surface area contributed by atoms with Crippen LogP contribution in [0.5, 0.6) is 0 Å². The predicted octanol–water partition coefficient (Wildman–Crippen LogP) is 3.29. The van der Waals surface area contributed by atoms with Crippen LogP contribution in [-0.2, 0) is 66.8 Å². The summed E-state index contributed by atoms with van der Waals surface area (Å²) in [5, 5.41) is 40.9. The highest BCUT2D eigenvalue weighted by atomic mass is 16.6. The molecule has 22 nitrogen and oxygen atoms in total. The number of rotatable bonds is 20. The van der Waals surface area contributed by atoms with Crippen LogP contribution in [0.2, 0.25) is 0 Å². The van der Waals surface area contributed by atoms with Gasteiger partial charge in [-0.15, -0.1) is 0 Å². The number of nitrogens with one attached hydrogen (secondary N) is 2. The van der Waals surface area contributed by atoms with Gasteiger partial charge in [-0.1, -0.05) is 80.6 Å². The number of esters is 5. The Morgan fingerprint density at radius 2 is 1.41 bits per heavy atom. The summed E-state index contributed by atoms with van der Waals surface area (Å²) in [6.45, 7) is 7.58. The van der Waals surface area contributed by atoms with Gasteiger partial charge in [-0.05, 0) is 67.7 Å². The number of Topliss-reactive ketones (excluding diaryl/α,β-unsaturated/α-hetero) is 1. The molecule has 3 aromatic carbocycles. The zero-order valence-corrected chi connectivity index (χ0v) is 44.5. The van der Waals surface area contributed by atoms with E-state index in [2.05, 4.69) is 10.6 Å². The molecule has 2 bridgehead atoms. The number of fused-ring (bicyclic) bond motifs is 5. The van der Waals surface area contributed by atoms with Crippen LogP contribution in [0, 0.1) is 16.7 Å². The van der Waals surface area contributed by atoms with Crippen molar-refractivity contribution in [2.24, 2.45) is 22.5 Å². The van der Waals surface area contributed by atoms with Crippen LogP contribution in [0.15, 0.2) is 102 Å². The number of carboxylic acids is 1. The molecule has 0 radical (unpaired) electrons. The molecule has 3 fully saturated rings. The Balaban J connectivity index is 1.34. The molecule has 3 aliphatic carbocycles. The molecule has 22 heteroatoms. The van der Waals surface area contributed by atoms with Crippen molar-refractivity contribution in [1.29, 1.82) is 0 Å². The van der Waals surface area contributed by atoms with Crippen LogP contribution in [0.3, 0.4) is 0 Å². The van der Waals surface area contributed by atoms with Gasteiger partial charge in [0, 0.05) is 56.9 Å². The van der Waals surface area contributed by atoms with Crippen LogP contribution < -0.4 is 16.4 Å². The fourth-order valence-electron chi connectivity index (χ4n) is 11.7. The Kier molecular flexibility index (Phi) is 17.6. The number of benzene rings is 3. The third kappa shape index (κ3) is 11.8. The molecule has 0 spiro atoms. The summed E-state index contributed by atoms with van der Waals surface area (Å²) < 4.78 is 36.7. The molecule has 6 unspecified atom stereocenters. The molecule has 79 heavy (non-hydrogen) atoms. The van der Waals surface area contributed by atoms with E-state index in [9.17, 15) is 53.7 Å². The summed E-state index contributed by atoms with van der Waals surface area (Å²) in [5.41, 5.74) is -2.89. The first-order chi connectivity index (χ1) is 37.3. The summed E-state index contributed by atoms with van der Waals surface area (Å²) >= 11 is 0. The molecule has 2 saturated carbocycles. The first kappa shape index (κ1) is 58.9. The highest BCUT2D eigenvalue weighted by Gasteiger charge is 2.78. The van der Waals surface area contributed by atoms with Gasteiger partial charge in [0.1, 0.15) is 36.0 Å². The zero-order chi connectivity index (χ0) is 57.8. The molecule has 3 amide bonds. The third-order valence-corrected chi connectivity index (χ3v) is 15.8. The predicted molar refractivity (Wildman–Crippen MR) is 273 cm³/mol. The Labute approximate surface area is 454 Å². The minimum Gasteiger partial charge on any atom is -0.480 e. The molecular weight excluding hydrogens is 1030 g/mol. The summed E-state index contributed by atoms with van der Waals surface area (Å²) in [7, 11) is 0. The van der Waals surface area contributed by atoms with E-state index in [1.165, 1.54) is 64.1 Å². The van der Waals surface area contributed by atoms with Gasteiger partial charge in [0.2, 0.25) is 17.9 Å². The molecule has 422 valence electrons. The molecule has 1 saturated heterocycles. The first-order valence-electron chi connectivity index (χ1n) is 25.8. The largest absolute Gasteiger partial charge is 0.480 e. The smallest absolute Gasteiger partial charge is 0.350 e. The molecular formula is C57H65N3O19. The van der Waals surface area contributed by atoms with E-state index in [1.54, 1.807) is 54.6 Å². The van der Waals surface area contributed by atoms with Crippen LogP contribution >= 0.6 is 0 Å². The maximum Gasteiger partial charge on any atom is 0.350 e. The second-order valence-electron chi connectivity index (χ2n) is 21.1. The van der Waals surface area contributed by atoms with E-state index in [4.69, 9.17) is 34.2 Å². The van der Waals surface area contributed by atoms with Gasteiger partial charge in [-0.25, -0.2) is 14.4 Å². The van der Waals surface area contributed by atoms with E-state index in [0.29, 0.717) is 0 Å². The number of ether oxygens (including phenoxy) is 6. The van der Waals surface area contributed by atoms with Gasteiger partial charge < -0.3 is 60.1 Å². The number of carbonyl (C=O) groups excluding carboxylic acids is 9. The van der Waals surface area contributed by atoms with Crippen molar-refractivity contribution in [1.82, 2.24) is 10.6 Å². The molecule has 1 heterocycles. The van der Waals surface area contributed by atoms with Gasteiger partial charge in [0.15, 0.2) is 17.5 Å². The molecule has 1 aliphatic heterocycles. The van der Waals surface area contributed by atoms with Gasteiger partial charge in [0.25, 0.3) is 5.91 Å². The number of aliphatic hydroxyl groups excluding tert-OH is 1. The lowest BCUT2D eigenvalue weighted by atomic mass is 9.44. The Hall–Kier alpha value is -7.82.